The number of nitriles is 1. The number of imidazole rings is 1. The number of nitrogens with zero attached hydrogens (tertiary/aromatic N) is 5. The van der Waals surface area contributed by atoms with Crippen LogP contribution in [0, 0.1) is 11.3 Å². The van der Waals surface area contributed by atoms with Crippen LogP contribution in [0.2, 0.25) is 0 Å². The van der Waals surface area contributed by atoms with Crippen LogP contribution in [-0.2, 0) is 12.5 Å². The average Bonchev–Trinajstić information content (AvgIpc) is 3.18. The van der Waals surface area contributed by atoms with Crippen molar-refractivity contribution in [3.05, 3.63) is 101 Å². The molecule has 3 aromatic carbocycles. The molecule has 3 aromatic heterocycles. The molecule has 0 radical (unpaired) electrons. The van der Waals surface area contributed by atoms with Gasteiger partial charge in [0.1, 0.15) is 0 Å². The lowest BCUT2D eigenvalue weighted by molar-refractivity contribution is 0.686. The molecule has 0 spiro atoms. The van der Waals surface area contributed by atoms with Crippen molar-refractivity contribution in [2.24, 2.45) is 7.05 Å². The Bertz CT molecular complexity index is 1900. The third-order valence-corrected chi connectivity index (χ3v) is 6.93. The fourth-order valence-electron chi connectivity index (χ4n) is 4.78. The van der Waals surface area contributed by atoms with Gasteiger partial charge in [-0.25, -0.2) is 4.79 Å². The van der Waals surface area contributed by atoms with E-state index in [0.29, 0.717) is 0 Å². The molecule has 6 nitrogen and oxygen atoms in total. The number of aromatic nitrogens is 4. The highest BCUT2D eigenvalue weighted by molar-refractivity contribution is 6.04. The second kappa shape index (κ2) is 7.89. The summed E-state index contributed by atoms with van der Waals surface area (Å²) in [5, 5.41) is 11.4. The third-order valence-electron chi connectivity index (χ3n) is 6.93. The molecule has 0 aliphatic carbocycles. The Morgan fingerprint density at radius 2 is 1.61 bits per heavy atom. The van der Waals surface area contributed by atoms with Crippen LogP contribution in [0.4, 0.5) is 0 Å². The Morgan fingerprint density at radius 1 is 0.861 bits per heavy atom. The second-order valence-electron chi connectivity index (χ2n) is 9.60. The van der Waals surface area contributed by atoms with Gasteiger partial charge in [0.05, 0.1) is 45.4 Å². The summed E-state index contributed by atoms with van der Waals surface area (Å²) in [6.07, 6.45) is 3.63. The highest BCUT2D eigenvalue weighted by Gasteiger charge is 2.21. The van der Waals surface area contributed by atoms with Crippen molar-refractivity contribution < 1.29 is 0 Å². The predicted molar refractivity (Wildman–Crippen MR) is 143 cm³/mol. The van der Waals surface area contributed by atoms with E-state index in [1.807, 2.05) is 74.6 Å². The maximum atomic E-state index is 13.4. The zero-order chi connectivity index (χ0) is 25.0. The minimum atomic E-state index is -0.603. The first-order chi connectivity index (χ1) is 17.4. The predicted octanol–water partition coefficient (Wildman–Crippen LogP) is 5.89. The van der Waals surface area contributed by atoms with Gasteiger partial charge < -0.3 is 0 Å². The summed E-state index contributed by atoms with van der Waals surface area (Å²) in [5.41, 5.74) is 6.23. The molecule has 0 bridgehead atoms. The first-order valence-electron chi connectivity index (χ1n) is 11.7. The molecule has 0 unspecified atom stereocenters. The van der Waals surface area contributed by atoms with Crippen molar-refractivity contribution in [3.63, 3.8) is 0 Å². The van der Waals surface area contributed by atoms with E-state index in [2.05, 4.69) is 34.2 Å². The summed E-state index contributed by atoms with van der Waals surface area (Å²) < 4.78 is 3.35. The minimum Gasteiger partial charge on any atom is -0.294 e. The average molecular weight is 470 g/mol. The van der Waals surface area contributed by atoms with E-state index in [0.717, 1.165) is 55.2 Å². The van der Waals surface area contributed by atoms with Crippen molar-refractivity contribution in [2.75, 3.05) is 0 Å². The third kappa shape index (κ3) is 3.29. The van der Waals surface area contributed by atoms with Crippen LogP contribution in [0.15, 0.2) is 90.0 Å². The number of hydrogen-bond acceptors (Lipinski definition) is 4. The first kappa shape index (κ1) is 21.8. The summed E-state index contributed by atoms with van der Waals surface area (Å²) in [4.78, 5) is 22.7. The molecule has 6 heteroatoms. The molecule has 0 saturated carbocycles. The number of hydrogen-bond donors (Lipinski definition) is 0. The van der Waals surface area contributed by atoms with E-state index in [-0.39, 0.29) is 5.69 Å². The second-order valence-corrected chi connectivity index (χ2v) is 9.60. The van der Waals surface area contributed by atoms with Gasteiger partial charge in [-0.15, -0.1) is 0 Å². The molecular weight excluding hydrogens is 446 g/mol. The molecule has 174 valence electrons. The van der Waals surface area contributed by atoms with Gasteiger partial charge in [0, 0.05) is 29.6 Å². The van der Waals surface area contributed by atoms with E-state index >= 15 is 0 Å². The first-order valence-corrected chi connectivity index (χ1v) is 11.7. The summed E-state index contributed by atoms with van der Waals surface area (Å²) in [7, 11) is 1.79. The monoisotopic (exact) mass is 469 g/mol. The maximum absolute atomic E-state index is 13.4. The van der Waals surface area contributed by atoms with Gasteiger partial charge in [0.25, 0.3) is 0 Å². The van der Waals surface area contributed by atoms with E-state index in [1.165, 1.54) is 0 Å². The van der Waals surface area contributed by atoms with Crippen molar-refractivity contribution in [1.29, 1.82) is 5.26 Å². The van der Waals surface area contributed by atoms with Gasteiger partial charge in [-0.3, -0.25) is 19.1 Å². The minimum absolute atomic E-state index is 0.149. The van der Waals surface area contributed by atoms with Gasteiger partial charge in [-0.2, -0.15) is 5.26 Å². The fourth-order valence-corrected chi connectivity index (χ4v) is 4.78. The van der Waals surface area contributed by atoms with Crippen LogP contribution in [0.3, 0.4) is 0 Å². The standard InChI is InChI=1S/C30H23N5O/c1-30(2,18-31)22-9-11-23(12-10-22)35-27-17-33-26-13-8-19(15-24(26)28(27)34(3)29(35)36)21-14-20-6-4-5-7-25(20)32-16-21/h4-17H,1-3H3. The quantitative estimate of drug-likeness (QED) is 0.324. The Morgan fingerprint density at radius 3 is 2.39 bits per heavy atom. The molecule has 36 heavy (non-hydrogen) atoms. The molecule has 0 fully saturated rings. The molecule has 0 amide bonds. The smallest absolute Gasteiger partial charge is 0.294 e. The van der Waals surface area contributed by atoms with Crippen LogP contribution < -0.4 is 5.69 Å². The topological polar surface area (TPSA) is 76.5 Å². The Balaban J connectivity index is 1.54. The van der Waals surface area contributed by atoms with Crippen LogP contribution >= 0.6 is 0 Å². The number of para-hydroxylation sites is 1. The van der Waals surface area contributed by atoms with Gasteiger partial charge in [0.15, 0.2) is 0 Å². The molecule has 6 aromatic rings. The molecular formula is C30H23N5O. The van der Waals surface area contributed by atoms with Gasteiger partial charge in [-0.1, -0.05) is 36.4 Å². The number of fused-ring (bicyclic) bond motifs is 4. The van der Waals surface area contributed by atoms with Gasteiger partial charge in [-0.05, 0) is 61.4 Å². The van der Waals surface area contributed by atoms with Crippen LogP contribution in [-0.4, -0.2) is 19.1 Å². The van der Waals surface area contributed by atoms with Crippen LogP contribution in [0.1, 0.15) is 19.4 Å². The normalized spacial score (nSPS) is 11.8. The lowest BCUT2D eigenvalue weighted by atomic mass is 9.86. The van der Waals surface area contributed by atoms with Gasteiger partial charge in [0.2, 0.25) is 0 Å². The van der Waals surface area contributed by atoms with Crippen molar-refractivity contribution in [1.82, 2.24) is 19.1 Å². The maximum Gasteiger partial charge on any atom is 0.333 e. The molecule has 3 heterocycles. The van der Waals surface area contributed by atoms with E-state index in [9.17, 15) is 10.1 Å². The molecule has 0 aliphatic heterocycles. The largest absolute Gasteiger partial charge is 0.333 e. The Kier molecular flexibility index (Phi) is 4.77. The van der Waals surface area contributed by atoms with Crippen LogP contribution in [0.25, 0.3) is 49.7 Å². The molecule has 0 N–H and O–H groups in total. The number of aryl methyl sites for hydroxylation is 1. The van der Waals surface area contributed by atoms with E-state index < -0.39 is 5.41 Å². The lowest BCUT2D eigenvalue weighted by Crippen LogP contribution is -2.21. The molecule has 6 rings (SSSR count). The highest BCUT2D eigenvalue weighted by atomic mass is 16.1. The number of rotatable bonds is 3. The summed E-state index contributed by atoms with van der Waals surface area (Å²) >= 11 is 0. The van der Waals surface area contributed by atoms with E-state index in [1.54, 1.807) is 22.4 Å². The summed E-state index contributed by atoms with van der Waals surface area (Å²) in [6, 6.07) is 26.2. The lowest BCUT2D eigenvalue weighted by Gasteiger charge is -2.16. The number of benzene rings is 3. The molecule has 0 saturated heterocycles. The molecule has 0 atom stereocenters. The van der Waals surface area contributed by atoms with Crippen LogP contribution in [0.5, 0.6) is 0 Å². The zero-order valence-corrected chi connectivity index (χ0v) is 20.2. The zero-order valence-electron chi connectivity index (χ0n) is 20.2. The Hall–Kier alpha value is -4.76. The van der Waals surface area contributed by atoms with Gasteiger partial charge >= 0.3 is 5.69 Å². The van der Waals surface area contributed by atoms with E-state index in [4.69, 9.17) is 0 Å². The number of pyridine rings is 2. The van der Waals surface area contributed by atoms with Crippen molar-refractivity contribution in [2.45, 2.75) is 19.3 Å². The molecule has 0 aliphatic rings. The highest BCUT2D eigenvalue weighted by Crippen LogP contribution is 2.31. The Labute approximate surface area is 207 Å². The summed E-state index contributed by atoms with van der Waals surface area (Å²) in [6.45, 7) is 3.76. The summed E-state index contributed by atoms with van der Waals surface area (Å²) in [5.74, 6) is 0. The SMILES string of the molecule is Cn1c(=O)n(-c2ccc(C(C)(C)C#N)cc2)c2cnc3ccc(-c4cnc5ccccc5c4)cc3c21. The van der Waals surface area contributed by atoms with Crippen molar-refractivity contribution >= 4 is 32.8 Å². The van der Waals surface area contributed by atoms with Crippen molar-refractivity contribution in [3.8, 4) is 22.9 Å². The fraction of sp³-hybridized carbons (Fsp3) is 0.133.